The number of rotatable bonds is 4. The minimum absolute atomic E-state index is 0.242. The molecule has 3 N–H and O–H groups in total. The van der Waals surface area contributed by atoms with Gasteiger partial charge in [0.25, 0.3) is 0 Å². The third-order valence-electron chi connectivity index (χ3n) is 3.32. The number of aromatic hydroxyl groups is 3. The van der Waals surface area contributed by atoms with Gasteiger partial charge < -0.3 is 20.2 Å². The fourth-order valence-corrected chi connectivity index (χ4v) is 2.08. The van der Waals surface area contributed by atoms with E-state index in [1.807, 2.05) is 37.2 Å². The third-order valence-corrected chi connectivity index (χ3v) is 3.32. The van der Waals surface area contributed by atoms with E-state index < -0.39 is 5.75 Å². The van der Waals surface area contributed by atoms with Crippen LogP contribution in [0.1, 0.15) is 11.1 Å². The van der Waals surface area contributed by atoms with Crippen molar-refractivity contribution in [1.82, 2.24) is 0 Å². The van der Waals surface area contributed by atoms with E-state index in [4.69, 9.17) is 0 Å². The average Bonchev–Trinajstić information content (AvgIpc) is 2.44. The first kappa shape index (κ1) is 14.1. The Balaban J connectivity index is 2.13. The largest absolute Gasteiger partial charge is 0.504 e. The Labute approximate surface area is 118 Å². The van der Waals surface area contributed by atoms with Gasteiger partial charge in [-0.15, -0.1) is 0 Å². The summed E-state index contributed by atoms with van der Waals surface area (Å²) in [6, 6.07) is 11.2. The van der Waals surface area contributed by atoms with E-state index in [1.54, 1.807) is 6.07 Å². The normalized spacial score (nSPS) is 10.5. The first-order chi connectivity index (χ1) is 9.49. The molecule has 4 heteroatoms. The Morgan fingerprint density at radius 1 is 0.900 bits per heavy atom. The van der Waals surface area contributed by atoms with Crippen molar-refractivity contribution in [3.8, 4) is 17.2 Å². The lowest BCUT2D eigenvalue weighted by molar-refractivity contribution is 0.365. The summed E-state index contributed by atoms with van der Waals surface area (Å²) in [5.74, 6) is -1.00. The van der Waals surface area contributed by atoms with E-state index in [0.717, 1.165) is 17.7 Å². The fourth-order valence-electron chi connectivity index (χ4n) is 2.08. The van der Waals surface area contributed by atoms with Crippen LogP contribution in [-0.2, 0) is 12.8 Å². The van der Waals surface area contributed by atoms with Gasteiger partial charge in [0.15, 0.2) is 11.5 Å². The predicted molar refractivity (Wildman–Crippen MR) is 79.6 cm³/mol. The monoisotopic (exact) mass is 273 g/mol. The van der Waals surface area contributed by atoms with E-state index in [2.05, 4.69) is 6.07 Å². The second-order valence-electron chi connectivity index (χ2n) is 5.01. The van der Waals surface area contributed by atoms with Gasteiger partial charge in [-0.3, -0.25) is 0 Å². The number of phenols is 3. The maximum Gasteiger partial charge on any atom is 0.200 e. The average molecular weight is 273 g/mol. The minimum atomic E-state index is -0.454. The third kappa shape index (κ3) is 2.96. The molecule has 0 heterocycles. The molecule has 4 nitrogen and oxygen atoms in total. The zero-order chi connectivity index (χ0) is 14.7. The molecule has 0 aliphatic rings. The number of aryl methyl sites for hydroxylation is 2. The molecule has 2 aromatic rings. The van der Waals surface area contributed by atoms with Gasteiger partial charge in [-0.2, -0.15) is 0 Å². The van der Waals surface area contributed by atoms with Crippen LogP contribution in [0.5, 0.6) is 17.2 Å². The Hall–Kier alpha value is -2.36. The summed E-state index contributed by atoms with van der Waals surface area (Å²) in [7, 11) is 3.98. The summed E-state index contributed by atoms with van der Waals surface area (Å²) >= 11 is 0. The molecule has 0 aromatic heterocycles. The van der Waals surface area contributed by atoms with Crippen LogP contribution in [0.3, 0.4) is 0 Å². The molecular formula is C16H19NO3. The first-order valence-electron chi connectivity index (χ1n) is 6.48. The van der Waals surface area contributed by atoms with Crippen molar-refractivity contribution in [3.05, 3.63) is 47.5 Å². The number of nitrogens with zero attached hydrogens (tertiary/aromatic N) is 1. The van der Waals surface area contributed by atoms with Crippen LogP contribution in [-0.4, -0.2) is 29.4 Å². The van der Waals surface area contributed by atoms with Crippen LogP contribution in [0.4, 0.5) is 5.69 Å². The summed E-state index contributed by atoms with van der Waals surface area (Å²) in [5, 5.41) is 28.6. The van der Waals surface area contributed by atoms with Gasteiger partial charge in [-0.05, 0) is 42.2 Å². The summed E-state index contributed by atoms with van der Waals surface area (Å²) in [6.07, 6.45) is 1.34. The fraction of sp³-hybridized carbons (Fsp3) is 0.250. The predicted octanol–water partition coefficient (Wildman–Crippen LogP) is 2.65. The molecule has 20 heavy (non-hydrogen) atoms. The van der Waals surface area contributed by atoms with Gasteiger partial charge in [0, 0.05) is 19.8 Å². The molecule has 0 atom stereocenters. The molecule has 106 valence electrons. The van der Waals surface area contributed by atoms with Crippen molar-refractivity contribution >= 4 is 5.69 Å². The van der Waals surface area contributed by atoms with Crippen molar-refractivity contribution in [2.45, 2.75) is 12.8 Å². The Bertz CT molecular complexity index is 609. The summed E-state index contributed by atoms with van der Waals surface area (Å²) in [6.45, 7) is 0. The highest BCUT2D eigenvalue weighted by Gasteiger charge is 2.10. The Morgan fingerprint density at radius 2 is 1.65 bits per heavy atom. The smallest absolute Gasteiger partial charge is 0.200 e. The van der Waals surface area contributed by atoms with Gasteiger partial charge in [0.2, 0.25) is 5.75 Å². The highest BCUT2D eigenvalue weighted by Crippen LogP contribution is 2.37. The van der Waals surface area contributed by atoms with Gasteiger partial charge in [-0.25, -0.2) is 0 Å². The number of anilines is 1. The van der Waals surface area contributed by atoms with Crippen molar-refractivity contribution in [3.63, 3.8) is 0 Å². The van der Waals surface area contributed by atoms with Crippen molar-refractivity contribution < 1.29 is 15.3 Å². The van der Waals surface area contributed by atoms with Gasteiger partial charge in [0.1, 0.15) is 0 Å². The molecule has 0 spiro atoms. The summed E-state index contributed by atoms with van der Waals surface area (Å²) in [5.41, 5.74) is 2.90. The van der Waals surface area contributed by atoms with Crippen LogP contribution in [0.15, 0.2) is 36.4 Å². The van der Waals surface area contributed by atoms with Crippen LogP contribution in [0, 0.1) is 0 Å². The van der Waals surface area contributed by atoms with Crippen LogP contribution in [0.2, 0.25) is 0 Å². The molecule has 0 fully saturated rings. The highest BCUT2D eigenvalue weighted by molar-refractivity contribution is 5.53. The zero-order valence-electron chi connectivity index (χ0n) is 11.7. The first-order valence-corrected chi connectivity index (χ1v) is 6.48. The van der Waals surface area contributed by atoms with Gasteiger partial charge in [-0.1, -0.05) is 18.2 Å². The van der Waals surface area contributed by atoms with E-state index in [-0.39, 0.29) is 11.5 Å². The molecule has 0 radical (unpaired) electrons. The molecular weight excluding hydrogens is 254 g/mol. The van der Waals surface area contributed by atoms with Crippen LogP contribution < -0.4 is 4.90 Å². The molecule has 0 bridgehead atoms. The minimum Gasteiger partial charge on any atom is -0.504 e. The standard InChI is InChI=1S/C16H19NO3/c1-17(2)13-5-3-4-11(10-13)6-7-12-8-9-14(18)16(20)15(12)19/h3-5,8-10,18-20H,6-7H2,1-2H3. The maximum absolute atomic E-state index is 9.78. The number of hydrogen-bond donors (Lipinski definition) is 3. The van der Waals surface area contributed by atoms with Crippen molar-refractivity contribution in [2.75, 3.05) is 19.0 Å². The lowest BCUT2D eigenvalue weighted by Crippen LogP contribution is -2.08. The highest BCUT2D eigenvalue weighted by atomic mass is 16.3. The second kappa shape index (κ2) is 5.74. The molecule has 2 rings (SSSR count). The molecule has 0 unspecified atom stereocenters. The van der Waals surface area contributed by atoms with E-state index >= 15 is 0 Å². The number of hydrogen-bond acceptors (Lipinski definition) is 4. The van der Waals surface area contributed by atoms with Crippen molar-refractivity contribution in [1.29, 1.82) is 0 Å². The topological polar surface area (TPSA) is 63.9 Å². The second-order valence-corrected chi connectivity index (χ2v) is 5.01. The lowest BCUT2D eigenvalue weighted by Gasteiger charge is -2.14. The van der Waals surface area contributed by atoms with Gasteiger partial charge >= 0.3 is 0 Å². The lowest BCUT2D eigenvalue weighted by atomic mass is 10.0. The van der Waals surface area contributed by atoms with E-state index in [9.17, 15) is 15.3 Å². The van der Waals surface area contributed by atoms with Crippen molar-refractivity contribution in [2.24, 2.45) is 0 Å². The maximum atomic E-state index is 9.78. The number of benzene rings is 2. The van der Waals surface area contributed by atoms with Crippen LogP contribution in [0.25, 0.3) is 0 Å². The molecule has 0 amide bonds. The summed E-state index contributed by atoms with van der Waals surface area (Å²) < 4.78 is 0. The SMILES string of the molecule is CN(C)c1cccc(CCc2ccc(O)c(O)c2O)c1. The quantitative estimate of drug-likeness (QED) is 0.749. The molecule has 0 aliphatic heterocycles. The Morgan fingerprint density at radius 3 is 2.35 bits per heavy atom. The Kier molecular flexibility index (Phi) is 4.03. The number of phenolic OH excluding ortho intramolecular Hbond substituents is 3. The summed E-state index contributed by atoms with van der Waals surface area (Å²) in [4.78, 5) is 2.04. The molecule has 0 aliphatic carbocycles. The van der Waals surface area contributed by atoms with Crippen LogP contribution >= 0.6 is 0 Å². The molecule has 2 aromatic carbocycles. The molecule has 0 saturated heterocycles. The van der Waals surface area contributed by atoms with E-state index in [0.29, 0.717) is 12.0 Å². The van der Waals surface area contributed by atoms with Gasteiger partial charge in [0.05, 0.1) is 0 Å². The molecule has 0 saturated carbocycles. The van der Waals surface area contributed by atoms with E-state index in [1.165, 1.54) is 6.07 Å². The zero-order valence-corrected chi connectivity index (χ0v) is 11.7.